The molecule has 0 aromatic heterocycles. The average Bonchev–Trinajstić information content (AvgIpc) is 2.77. The van der Waals surface area contributed by atoms with Crippen LogP contribution in [-0.4, -0.2) is 24.6 Å². The maximum absolute atomic E-state index is 7.10. The van der Waals surface area contributed by atoms with E-state index in [-0.39, 0.29) is 0 Å². The largest absolute Gasteiger partial charge is 0.337 e. The highest BCUT2D eigenvalue weighted by Gasteiger charge is 2.34. The van der Waals surface area contributed by atoms with Crippen molar-refractivity contribution in [3.63, 3.8) is 0 Å². The van der Waals surface area contributed by atoms with Crippen molar-refractivity contribution < 1.29 is 0 Å². The molecule has 4 N–H and O–H groups in total. The molecule has 0 spiro atoms. The molecular weight excluding hydrogens is 399 g/mol. The van der Waals surface area contributed by atoms with Gasteiger partial charge in [-0.05, 0) is 32.1 Å². The molecule has 0 aliphatic carbocycles. The van der Waals surface area contributed by atoms with E-state index in [1.165, 1.54) is 109 Å². The van der Waals surface area contributed by atoms with E-state index < -0.39 is 7.26 Å². The summed E-state index contributed by atoms with van der Waals surface area (Å²) in [5, 5.41) is 14.2. The van der Waals surface area contributed by atoms with Gasteiger partial charge in [-0.15, -0.1) is 0 Å². The van der Waals surface area contributed by atoms with Crippen LogP contribution in [0.5, 0.6) is 0 Å². The topological polar surface area (TPSA) is 99.6 Å². The fraction of sp³-hybridized carbons (Fsp3) is 0.923. The first-order chi connectivity index (χ1) is 15.1. The van der Waals surface area contributed by atoms with E-state index in [0.717, 1.165) is 0 Å². The third-order valence-electron chi connectivity index (χ3n) is 5.94. The van der Waals surface area contributed by atoms with Crippen LogP contribution in [0.2, 0.25) is 0 Å². The highest BCUT2D eigenvalue weighted by atomic mass is 31.2. The Bertz CT molecular complexity index is 367. The SMILES string of the molecule is CCCCCCCCCCCC[P+](CCCC)(CCCC)CCCC.N#CN.N#CN. The van der Waals surface area contributed by atoms with Crippen LogP contribution in [0.25, 0.3) is 0 Å². The van der Waals surface area contributed by atoms with Gasteiger partial charge in [-0.3, -0.25) is 0 Å². The zero-order valence-corrected chi connectivity index (χ0v) is 22.5. The van der Waals surface area contributed by atoms with Crippen molar-refractivity contribution in [3.8, 4) is 12.4 Å². The fourth-order valence-corrected chi connectivity index (χ4v) is 9.28. The molecule has 0 aromatic carbocycles. The van der Waals surface area contributed by atoms with Crippen molar-refractivity contribution in [1.82, 2.24) is 0 Å². The van der Waals surface area contributed by atoms with E-state index in [4.69, 9.17) is 10.5 Å². The van der Waals surface area contributed by atoms with Crippen LogP contribution in [-0.2, 0) is 0 Å². The second-order valence-electron chi connectivity index (χ2n) is 8.74. The van der Waals surface area contributed by atoms with Crippen LogP contribution in [0.3, 0.4) is 0 Å². The minimum absolute atomic E-state index is 0.620. The molecule has 5 heteroatoms. The zero-order valence-electron chi connectivity index (χ0n) is 21.6. The number of rotatable bonds is 20. The monoisotopic (exact) mass is 455 g/mol. The van der Waals surface area contributed by atoms with E-state index >= 15 is 0 Å². The molecule has 0 fully saturated rings. The van der Waals surface area contributed by atoms with Gasteiger partial charge in [0.05, 0.1) is 24.6 Å². The Hall–Kier alpha value is -0.990. The predicted octanol–water partition coefficient (Wildman–Crippen LogP) is 8.18. The van der Waals surface area contributed by atoms with Gasteiger partial charge >= 0.3 is 0 Å². The van der Waals surface area contributed by atoms with Crippen molar-refractivity contribution >= 4 is 7.26 Å². The maximum Gasteiger partial charge on any atom is 0.173 e. The van der Waals surface area contributed by atoms with Crippen molar-refractivity contribution in [2.24, 2.45) is 11.5 Å². The lowest BCUT2D eigenvalue weighted by molar-refractivity contribution is 0.562. The van der Waals surface area contributed by atoms with Gasteiger partial charge in [0.2, 0.25) is 0 Å². The first-order valence-electron chi connectivity index (χ1n) is 13.1. The Balaban J connectivity index is -0.00000116. The molecule has 0 amide bonds. The van der Waals surface area contributed by atoms with Crippen LogP contribution < -0.4 is 11.5 Å². The van der Waals surface area contributed by atoms with Crippen LogP contribution in [0.15, 0.2) is 0 Å². The first kappa shape index (κ1) is 34.6. The van der Waals surface area contributed by atoms with E-state index in [1.807, 2.05) is 0 Å². The van der Waals surface area contributed by atoms with E-state index in [0.29, 0.717) is 0 Å². The second kappa shape index (κ2) is 31.2. The van der Waals surface area contributed by atoms with Gasteiger partial charge in [0.25, 0.3) is 0 Å². The van der Waals surface area contributed by atoms with Crippen molar-refractivity contribution in [2.45, 2.75) is 130 Å². The van der Waals surface area contributed by atoms with Crippen LogP contribution in [0, 0.1) is 22.9 Å². The molecule has 0 saturated carbocycles. The summed E-state index contributed by atoms with van der Waals surface area (Å²) < 4.78 is 0. The third kappa shape index (κ3) is 29.0. The zero-order chi connectivity index (χ0) is 24.1. The number of nitrogens with two attached hydrogens (primary N) is 2. The molecule has 0 atom stereocenters. The number of hydrogen-bond donors (Lipinski definition) is 2. The van der Waals surface area contributed by atoms with E-state index in [2.05, 4.69) is 39.2 Å². The van der Waals surface area contributed by atoms with E-state index in [9.17, 15) is 0 Å². The van der Waals surface area contributed by atoms with Crippen molar-refractivity contribution in [1.29, 1.82) is 10.5 Å². The van der Waals surface area contributed by atoms with Gasteiger partial charge in [-0.25, -0.2) is 0 Å². The summed E-state index contributed by atoms with van der Waals surface area (Å²) in [6, 6.07) is 0. The van der Waals surface area contributed by atoms with E-state index in [1.54, 1.807) is 31.1 Å². The summed E-state index contributed by atoms with van der Waals surface area (Å²) >= 11 is 0. The number of nitriles is 2. The van der Waals surface area contributed by atoms with Gasteiger partial charge in [0, 0.05) is 7.26 Å². The lowest BCUT2D eigenvalue weighted by Crippen LogP contribution is -2.13. The summed E-state index contributed by atoms with van der Waals surface area (Å²) in [4.78, 5) is 0. The Morgan fingerprint density at radius 3 is 0.968 bits per heavy atom. The second-order valence-corrected chi connectivity index (χ2v) is 13.2. The van der Waals surface area contributed by atoms with Gasteiger partial charge in [-0.2, -0.15) is 10.5 Å². The van der Waals surface area contributed by atoms with Crippen LogP contribution >= 0.6 is 7.26 Å². The molecule has 0 saturated heterocycles. The Morgan fingerprint density at radius 1 is 0.452 bits per heavy atom. The highest BCUT2D eigenvalue weighted by Crippen LogP contribution is 2.61. The Kier molecular flexibility index (Phi) is 34.8. The molecule has 184 valence electrons. The summed E-state index contributed by atoms with van der Waals surface area (Å²) in [5.74, 6) is 0. The van der Waals surface area contributed by atoms with Gasteiger partial charge < -0.3 is 11.5 Å². The van der Waals surface area contributed by atoms with Crippen molar-refractivity contribution in [2.75, 3.05) is 24.6 Å². The predicted molar refractivity (Wildman–Crippen MR) is 143 cm³/mol. The first-order valence-corrected chi connectivity index (χ1v) is 15.6. The van der Waals surface area contributed by atoms with Crippen LogP contribution in [0.4, 0.5) is 0 Å². The summed E-state index contributed by atoms with van der Waals surface area (Å²) in [6.45, 7) is 9.46. The minimum Gasteiger partial charge on any atom is -0.337 e. The van der Waals surface area contributed by atoms with Gasteiger partial charge in [-0.1, -0.05) is 98.3 Å². The summed E-state index contributed by atoms with van der Waals surface area (Å²) in [6.07, 6.45) is 32.5. The molecule has 0 radical (unpaired) electrons. The molecule has 0 bridgehead atoms. The summed E-state index contributed by atoms with van der Waals surface area (Å²) in [7, 11) is -0.620. The molecule has 0 rings (SSSR count). The molecule has 4 nitrogen and oxygen atoms in total. The summed E-state index contributed by atoms with van der Waals surface area (Å²) in [5.41, 5.74) is 8.31. The highest BCUT2D eigenvalue weighted by molar-refractivity contribution is 7.75. The molecule has 0 heterocycles. The third-order valence-corrected chi connectivity index (χ3v) is 11.0. The molecule has 0 unspecified atom stereocenters. The minimum atomic E-state index is -0.620. The Morgan fingerprint density at radius 2 is 0.677 bits per heavy atom. The molecule has 31 heavy (non-hydrogen) atoms. The van der Waals surface area contributed by atoms with Crippen molar-refractivity contribution in [3.05, 3.63) is 0 Å². The normalized spacial score (nSPS) is 10.1. The quantitative estimate of drug-likeness (QED) is 0.0836. The molecule has 0 aliphatic heterocycles. The molecular formula is C26H56N4P+. The molecule has 0 aromatic rings. The molecule has 0 aliphatic rings. The maximum atomic E-state index is 7.10. The number of hydrogen-bond acceptors (Lipinski definition) is 4. The van der Waals surface area contributed by atoms with Gasteiger partial charge in [0.15, 0.2) is 12.4 Å². The number of nitrogens with zero attached hydrogens (tertiary/aromatic N) is 2. The standard InChI is InChI=1S/C24H52P.2CH2N2/c1-5-9-13-14-15-16-17-18-19-20-24-25(21-10-6-2,22-11-7-3)23-12-8-4;2*2-1-3/h5-24H2,1-4H3;2*2H2/q+1;;. The number of unbranched alkanes of at least 4 members (excludes halogenated alkanes) is 12. The average molecular weight is 456 g/mol. The lowest BCUT2D eigenvalue weighted by atomic mass is 10.1. The Labute approximate surface area is 196 Å². The van der Waals surface area contributed by atoms with Gasteiger partial charge in [0.1, 0.15) is 0 Å². The fourth-order valence-electron chi connectivity index (χ4n) is 4.09. The van der Waals surface area contributed by atoms with Crippen LogP contribution in [0.1, 0.15) is 130 Å². The smallest absolute Gasteiger partial charge is 0.173 e. The lowest BCUT2D eigenvalue weighted by Gasteiger charge is -2.28.